The molecule has 176 valence electrons. The van der Waals surface area contributed by atoms with Crippen LogP contribution in [-0.4, -0.2) is 40.0 Å². The van der Waals surface area contributed by atoms with Gasteiger partial charge in [-0.15, -0.1) is 0 Å². The molecular weight excluding hydrogens is 443 g/mol. The molecule has 6 nitrogen and oxygen atoms in total. The van der Waals surface area contributed by atoms with E-state index < -0.39 is 11.6 Å². The van der Waals surface area contributed by atoms with Crippen molar-refractivity contribution in [1.82, 2.24) is 19.3 Å². The fourth-order valence-electron chi connectivity index (χ4n) is 4.35. The first-order valence-corrected chi connectivity index (χ1v) is 11.0. The highest BCUT2D eigenvalue weighted by molar-refractivity contribution is 5.79. The molecule has 9 heteroatoms. The first-order chi connectivity index (χ1) is 16.3. The molecule has 2 aromatic carbocycles. The van der Waals surface area contributed by atoms with Crippen LogP contribution in [0.3, 0.4) is 0 Å². The first kappa shape index (κ1) is 22.2. The second kappa shape index (κ2) is 8.64. The van der Waals surface area contributed by atoms with Gasteiger partial charge in [0.2, 0.25) is 5.95 Å². The minimum Gasteiger partial charge on any atom is -0.493 e. The summed E-state index contributed by atoms with van der Waals surface area (Å²) in [6.07, 6.45) is 3.85. The fourth-order valence-corrected chi connectivity index (χ4v) is 4.35. The van der Waals surface area contributed by atoms with Gasteiger partial charge >= 0.3 is 0 Å². The van der Waals surface area contributed by atoms with Gasteiger partial charge < -0.3 is 15.0 Å². The molecule has 0 amide bonds. The summed E-state index contributed by atoms with van der Waals surface area (Å²) in [6.45, 7) is 2.81. The molecule has 0 atom stereocenters. The van der Waals surface area contributed by atoms with E-state index >= 15 is 4.39 Å². The maximum absolute atomic E-state index is 15.0. The van der Waals surface area contributed by atoms with Crippen molar-refractivity contribution < 1.29 is 17.9 Å². The van der Waals surface area contributed by atoms with Crippen molar-refractivity contribution in [2.45, 2.75) is 26.4 Å². The maximum atomic E-state index is 15.0. The zero-order valence-corrected chi connectivity index (χ0v) is 19.1. The fraction of sp³-hybridized carbons (Fsp3) is 0.280. The van der Waals surface area contributed by atoms with E-state index in [2.05, 4.69) is 15.3 Å². The van der Waals surface area contributed by atoms with E-state index in [-0.39, 0.29) is 30.0 Å². The largest absolute Gasteiger partial charge is 0.493 e. The number of fused-ring (bicyclic) bond motifs is 2. The van der Waals surface area contributed by atoms with Crippen LogP contribution in [0.25, 0.3) is 16.8 Å². The minimum absolute atomic E-state index is 0.0822. The molecule has 1 aliphatic heterocycles. The molecule has 0 aliphatic carbocycles. The van der Waals surface area contributed by atoms with E-state index in [0.717, 1.165) is 5.56 Å². The summed E-state index contributed by atoms with van der Waals surface area (Å²) >= 11 is 0. The number of anilines is 1. The standard InChI is InChI=1S/C25H24F3N5O/c1-14-12-33-24(31-14)19(17-5-4-15(13-32(2)3)22(27)23(17)28)11-30-25(33)29-10-18-16-8-9-34-21(16)7-6-20(18)26/h4-7,11-12H,8-10,13H2,1-3H3,(H,29,30). The lowest BCUT2D eigenvalue weighted by Crippen LogP contribution is -2.13. The normalized spacial score (nSPS) is 12.9. The molecule has 0 saturated carbocycles. The van der Waals surface area contributed by atoms with Crippen molar-refractivity contribution in [3.05, 3.63) is 76.5 Å². The molecule has 0 radical (unpaired) electrons. The molecule has 2 aromatic heterocycles. The Morgan fingerprint density at radius 2 is 1.91 bits per heavy atom. The lowest BCUT2D eigenvalue weighted by atomic mass is 10.0. The van der Waals surface area contributed by atoms with Crippen LogP contribution in [-0.2, 0) is 19.5 Å². The van der Waals surface area contributed by atoms with Crippen LogP contribution in [0.1, 0.15) is 22.4 Å². The number of benzene rings is 2. The van der Waals surface area contributed by atoms with Gasteiger partial charge in [0.25, 0.3) is 0 Å². The third-order valence-corrected chi connectivity index (χ3v) is 5.91. The van der Waals surface area contributed by atoms with Gasteiger partial charge in [-0.2, -0.15) is 0 Å². The molecule has 1 N–H and O–H groups in total. The number of imidazole rings is 1. The molecule has 5 rings (SSSR count). The highest BCUT2D eigenvalue weighted by atomic mass is 19.2. The Morgan fingerprint density at radius 3 is 2.71 bits per heavy atom. The predicted octanol–water partition coefficient (Wildman–Crippen LogP) is 4.73. The zero-order valence-electron chi connectivity index (χ0n) is 19.1. The van der Waals surface area contributed by atoms with Gasteiger partial charge in [0.1, 0.15) is 17.2 Å². The highest BCUT2D eigenvalue weighted by Gasteiger charge is 2.22. The van der Waals surface area contributed by atoms with Crippen molar-refractivity contribution in [3.8, 4) is 16.9 Å². The summed E-state index contributed by atoms with van der Waals surface area (Å²) < 4.78 is 51.5. The van der Waals surface area contributed by atoms with Crippen LogP contribution in [0.15, 0.2) is 36.7 Å². The summed E-state index contributed by atoms with van der Waals surface area (Å²) in [5, 5.41) is 3.17. The summed E-state index contributed by atoms with van der Waals surface area (Å²) in [7, 11) is 3.58. The molecular formula is C25H24F3N5O. The van der Waals surface area contributed by atoms with Gasteiger partial charge in [-0.25, -0.2) is 23.1 Å². The van der Waals surface area contributed by atoms with E-state index in [1.165, 1.54) is 12.3 Å². The Morgan fingerprint density at radius 1 is 1.09 bits per heavy atom. The van der Waals surface area contributed by atoms with Gasteiger partial charge in [-0.1, -0.05) is 12.1 Å². The summed E-state index contributed by atoms with van der Waals surface area (Å²) in [5.74, 6) is -1.03. The summed E-state index contributed by atoms with van der Waals surface area (Å²) in [4.78, 5) is 10.7. The minimum atomic E-state index is -0.939. The number of halogens is 3. The number of aromatic nitrogens is 3. The van der Waals surface area contributed by atoms with E-state index in [9.17, 15) is 8.78 Å². The first-order valence-electron chi connectivity index (χ1n) is 11.0. The smallest absolute Gasteiger partial charge is 0.208 e. The monoisotopic (exact) mass is 467 g/mol. The Balaban J connectivity index is 1.52. The van der Waals surface area contributed by atoms with Gasteiger partial charge in [0.05, 0.1) is 12.3 Å². The molecule has 0 unspecified atom stereocenters. The molecule has 0 spiro atoms. The van der Waals surface area contributed by atoms with Crippen LogP contribution >= 0.6 is 0 Å². The third-order valence-electron chi connectivity index (χ3n) is 5.91. The molecule has 34 heavy (non-hydrogen) atoms. The summed E-state index contributed by atoms with van der Waals surface area (Å²) in [5.41, 5.74) is 3.20. The number of nitrogens with zero attached hydrogens (tertiary/aromatic N) is 4. The number of hydrogen-bond acceptors (Lipinski definition) is 5. The molecule has 0 saturated heterocycles. The van der Waals surface area contributed by atoms with Crippen molar-refractivity contribution in [2.75, 3.05) is 26.0 Å². The second-order valence-corrected chi connectivity index (χ2v) is 8.66. The Hall–Kier alpha value is -3.59. The Labute approximate surface area is 195 Å². The van der Waals surface area contributed by atoms with Crippen LogP contribution in [0.4, 0.5) is 19.1 Å². The van der Waals surface area contributed by atoms with E-state index in [1.807, 2.05) is 0 Å². The van der Waals surface area contributed by atoms with E-state index in [4.69, 9.17) is 4.74 Å². The molecule has 0 bridgehead atoms. The number of aryl methyl sites for hydroxylation is 1. The lowest BCUT2D eigenvalue weighted by Gasteiger charge is -2.15. The van der Waals surface area contributed by atoms with Crippen molar-refractivity contribution >= 4 is 11.6 Å². The molecule has 3 heterocycles. The molecule has 1 aliphatic rings. The predicted molar refractivity (Wildman–Crippen MR) is 123 cm³/mol. The number of rotatable bonds is 6. The highest BCUT2D eigenvalue weighted by Crippen LogP contribution is 2.32. The lowest BCUT2D eigenvalue weighted by molar-refractivity contribution is 0.356. The zero-order chi connectivity index (χ0) is 24.0. The van der Waals surface area contributed by atoms with Crippen LogP contribution in [0.5, 0.6) is 5.75 Å². The van der Waals surface area contributed by atoms with Crippen molar-refractivity contribution in [2.24, 2.45) is 0 Å². The quantitative estimate of drug-likeness (QED) is 0.444. The van der Waals surface area contributed by atoms with Gasteiger partial charge in [-0.05, 0) is 33.2 Å². The van der Waals surface area contributed by atoms with E-state index in [1.54, 1.807) is 54.7 Å². The van der Waals surface area contributed by atoms with E-state index in [0.29, 0.717) is 47.2 Å². The van der Waals surface area contributed by atoms with Gasteiger partial charge in [0.15, 0.2) is 11.6 Å². The number of ether oxygens (including phenoxy) is 1. The van der Waals surface area contributed by atoms with Crippen LogP contribution in [0.2, 0.25) is 0 Å². The Bertz CT molecular complexity index is 1400. The second-order valence-electron chi connectivity index (χ2n) is 8.66. The van der Waals surface area contributed by atoms with Crippen molar-refractivity contribution in [1.29, 1.82) is 0 Å². The molecule has 4 aromatic rings. The molecule has 0 fully saturated rings. The maximum Gasteiger partial charge on any atom is 0.208 e. The van der Waals surface area contributed by atoms with Gasteiger partial charge in [0, 0.05) is 59.7 Å². The topological polar surface area (TPSA) is 54.7 Å². The number of nitrogens with one attached hydrogen (secondary N) is 1. The SMILES string of the molecule is Cc1cn2c(NCc3c(F)ccc4c3CCO4)ncc(-c3ccc(CN(C)C)c(F)c3F)c2n1. The number of hydrogen-bond donors (Lipinski definition) is 1. The average Bonchev–Trinajstić information content (AvgIpc) is 3.43. The van der Waals surface area contributed by atoms with Gasteiger partial charge in [-0.3, -0.25) is 4.40 Å². The van der Waals surface area contributed by atoms with Crippen molar-refractivity contribution in [3.63, 3.8) is 0 Å². The van der Waals surface area contributed by atoms with Crippen LogP contribution < -0.4 is 10.1 Å². The summed E-state index contributed by atoms with van der Waals surface area (Å²) in [6, 6.07) is 6.16. The third kappa shape index (κ3) is 3.86. The Kier molecular flexibility index (Phi) is 5.65. The average molecular weight is 467 g/mol. The van der Waals surface area contributed by atoms with Crippen LogP contribution in [0, 0.1) is 24.4 Å².